The lowest BCUT2D eigenvalue weighted by Gasteiger charge is -2.34. The minimum absolute atomic E-state index is 0.0833. The third kappa shape index (κ3) is 5.52. The van der Waals surface area contributed by atoms with E-state index in [4.69, 9.17) is 20.4 Å². The highest BCUT2D eigenvalue weighted by Gasteiger charge is 2.22. The molecule has 35 heavy (non-hydrogen) atoms. The second kappa shape index (κ2) is 10.4. The first-order chi connectivity index (χ1) is 17.0. The number of anilines is 1. The van der Waals surface area contributed by atoms with Gasteiger partial charge in [0.2, 0.25) is 5.91 Å². The van der Waals surface area contributed by atoms with Crippen molar-refractivity contribution < 1.29 is 18.3 Å². The van der Waals surface area contributed by atoms with Crippen molar-refractivity contribution in [2.45, 2.75) is 6.54 Å². The van der Waals surface area contributed by atoms with Crippen molar-refractivity contribution in [2.24, 2.45) is 5.73 Å². The van der Waals surface area contributed by atoms with E-state index in [1.165, 1.54) is 0 Å². The van der Waals surface area contributed by atoms with E-state index in [9.17, 15) is 13.6 Å². The van der Waals surface area contributed by atoms with Gasteiger partial charge in [-0.2, -0.15) is 0 Å². The molecular formula is C23H28N7O4S-. The SMILES string of the molecule is NC(=O)c1ccc(-c2cn3cc(CN4CCN(CS(=O)[O-])CC4)nc3c(N3CCOCC3)n2)cc1. The number of nitrogens with zero attached hydrogens (tertiary/aromatic N) is 6. The molecule has 2 aromatic heterocycles. The number of carbonyl (C=O) groups excluding carboxylic acids is 1. The molecule has 186 valence electrons. The van der Waals surface area contributed by atoms with Crippen LogP contribution in [0.15, 0.2) is 36.7 Å². The quantitative estimate of drug-likeness (QED) is 0.456. The van der Waals surface area contributed by atoms with Gasteiger partial charge in [-0.05, 0) is 23.2 Å². The van der Waals surface area contributed by atoms with E-state index >= 15 is 0 Å². The number of benzene rings is 1. The lowest BCUT2D eigenvalue weighted by atomic mass is 10.1. The summed E-state index contributed by atoms with van der Waals surface area (Å²) in [5.74, 6) is 0.425. The summed E-state index contributed by atoms with van der Waals surface area (Å²) < 4.78 is 29.5. The van der Waals surface area contributed by atoms with Gasteiger partial charge in [0.25, 0.3) is 0 Å². The van der Waals surface area contributed by atoms with Crippen LogP contribution >= 0.6 is 0 Å². The van der Waals surface area contributed by atoms with Crippen LogP contribution < -0.4 is 10.6 Å². The number of amides is 1. The number of fused-ring (bicyclic) bond motifs is 1. The van der Waals surface area contributed by atoms with Crippen LogP contribution in [0.3, 0.4) is 0 Å². The molecule has 0 bridgehead atoms. The number of carbonyl (C=O) groups is 1. The molecule has 0 radical (unpaired) electrons. The summed E-state index contributed by atoms with van der Waals surface area (Å²) in [6, 6.07) is 7.12. The molecule has 1 atom stereocenters. The van der Waals surface area contributed by atoms with Gasteiger partial charge in [-0.3, -0.25) is 18.8 Å². The van der Waals surface area contributed by atoms with Gasteiger partial charge in [-0.1, -0.05) is 12.1 Å². The van der Waals surface area contributed by atoms with Gasteiger partial charge in [-0.25, -0.2) is 9.97 Å². The molecular weight excluding hydrogens is 470 g/mol. The second-order valence-electron chi connectivity index (χ2n) is 8.78. The summed E-state index contributed by atoms with van der Waals surface area (Å²) in [6.07, 6.45) is 3.98. The van der Waals surface area contributed by atoms with E-state index in [-0.39, 0.29) is 5.88 Å². The lowest BCUT2D eigenvalue weighted by molar-refractivity contribution is 0.1000. The summed E-state index contributed by atoms with van der Waals surface area (Å²) in [7, 11) is 0. The number of nitrogens with two attached hydrogens (primary N) is 1. The Labute approximate surface area is 205 Å². The molecule has 3 aromatic rings. The predicted octanol–water partition coefficient (Wildman–Crippen LogP) is 0.286. The molecule has 11 nitrogen and oxygen atoms in total. The summed E-state index contributed by atoms with van der Waals surface area (Å²) in [5, 5.41) is 0. The number of rotatable bonds is 7. The zero-order valence-electron chi connectivity index (χ0n) is 19.3. The maximum atomic E-state index is 11.5. The number of aromatic nitrogens is 3. The minimum Gasteiger partial charge on any atom is -0.771 e. The fourth-order valence-electron chi connectivity index (χ4n) is 4.50. The van der Waals surface area contributed by atoms with Crippen molar-refractivity contribution in [2.75, 3.05) is 63.3 Å². The van der Waals surface area contributed by atoms with E-state index in [0.29, 0.717) is 38.4 Å². The van der Waals surface area contributed by atoms with Crippen LogP contribution in [0.25, 0.3) is 16.9 Å². The average Bonchev–Trinajstić information content (AvgIpc) is 3.27. The third-order valence-corrected chi connectivity index (χ3v) is 6.96. The Morgan fingerprint density at radius 2 is 1.69 bits per heavy atom. The van der Waals surface area contributed by atoms with Gasteiger partial charge in [-0.15, -0.1) is 0 Å². The Balaban J connectivity index is 1.42. The fourth-order valence-corrected chi connectivity index (χ4v) is 5.05. The number of morpholine rings is 1. The van der Waals surface area contributed by atoms with Crippen LogP contribution in [0, 0.1) is 0 Å². The second-order valence-corrected chi connectivity index (χ2v) is 9.65. The van der Waals surface area contributed by atoms with Crippen LogP contribution in [-0.2, 0) is 22.4 Å². The average molecular weight is 499 g/mol. The van der Waals surface area contributed by atoms with Crippen LogP contribution in [-0.4, -0.2) is 97.2 Å². The van der Waals surface area contributed by atoms with Crippen LogP contribution in [0.5, 0.6) is 0 Å². The summed E-state index contributed by atoms with van der Waals surface area (Å²) >= 11 is -2.05. The van der Waals surface area contributed by atoms with Crippen molar-refractivity contribution in [1.29, 1.82) is 0 Å². The zero-order chi connectivity index (χ0) is 24.4. The van der Waals surface area contributed by atoms with Crippen LogP contribution in [0.2, 0.25) is 0 Å². The fraction of sp³-hybridized carbons (Fsp3) is 0.435. The number of primary amides is 1. The lowest BCUT2D eigenvalue weighted by Crippen LogP contribution is -2.46. The minimum atomic E-state index is -2.05. The molecule has 2 fully saturated rings. The maximum Gasteiger partial charge on any atom is 0.248 e. The molecule has 0 saturated carbocycles. The van der Waals surface area contributed by atoms with E-state index in [1.54, 1.807) is 12.1 Å². The molecule has 1 aromatic carbocycles. The van der Waals surface area contributed by atoms with E-state index < -0.39 is 17.0 Å². The van der Waals surface area contributed by atoms with Gasteiger partial charge in [0.1, 0.15) is 0 Å². The van der Waals surface area contributed by atoms with Crippen molar-refractivity contribution in [3.05, 3.63) is 47.9 Å². The molecule has 2 saturated heterocycles. The van der Waals surface area contributed by atoms with Crippen molar-refractivity contribution >= 4 is 28.5 Å². The molecule has 4 heterocycles. The van der Waals surface area contributed by atoms with Gasteiger partial charge in [0.05, 0.1) is 30.5 Å². The number of hydrogen-bond donors (Lipinski definition) is 1. The third-order valence-electron chi connectivity index (χ3n) is 6.38. The van der Waals surface area contributed by atoms with E-state index in [2.05, 4.69) is 9.80 Å². The molecule has 2 N–H and O–H groups in total. The molecule has 0 spiro atoms. The Morgan fingerprint density at radius 1 is 1.00 bits per heavy atom. The summed E-state index contributed by atoms with van der Waals surface area (Å²) in [4.78, 5) is 27.8. The molecule has 1 amide bonds. The highest BCUT2D eigenvalue weighted by atomic mass is 32.2. The Bertz CT molecular complexity index is 1220. The van der Waals surface area contributed by atoms with Gasteiger partial charge in [0.15, 0.2) is 11.5 Å². The van der Waals surface area contributed by atoms with Crippen molar-refractivity contribution in [1.82, 2.24) is 24.2 Å². The molecule has 0 aliphatic carbocycles. The smallest absolute Gasteiger partial charge is 0.248 e. The maximum absolute atomic E-state index is 11.5. The van der Waals surface area contributed by atoms with Crippen LogP contribution in [0.4, 0.5) is 5.82 Å². The first-order valence-corrected chi connectivity index (χ1v) is 12.8. The highest BCUT2D eigenvalue weighted by Crippen LogP contribution is 2.26. The molecule has 1 unspecified atom stereocenters. The molecule has 12 heteroatoms. The molecule has 2 aliphatic rings. The highest BCUT2D eigenvalue weighted by molar-refractivity contribution is 7.79. The standard InChI is InChI=1S/C23H29N7O4S/c24-21(31)18-3-1-17(2-4-18)20-15-30-14-19(13-27-5-7-28(8-6-27)16-35(32)33)25-22(30)23(26-20)29-9-11-34-12-10-29/h1-4,14-15H,5-13,16H2,(H2,24,31)(H,32,33)/p-1. The Morgan fingerprint density at radius 3 is 2.34 bits per heavy atom. The monoisotopic (exact) mass is 498 g/mol. The Hall–Kier alpha value is -2.90. The summed E-state index contributed by atoms with van der Waals surface area (Å²) in [6.45, 7) is 6.43. The van der Waals surface area contributed by atoms with Crippen molar-refractivity contribution in [3.8, 4) is 11.3 Å². The zero-order valence-corrected chi connectivity index (χ0v) is 20.2. The predicted molar refractivity (Wildman–Crippen MR) is 131 cm³/mol. The largest absolute Gasteiger partial charge is 0.771 e. The normalized spacial score (nSPS) is 18.7. The van der Waals surface area contributed by atoms with Gasteiger partial charge < -0.3 is 24.3 Å². The first kappa shape index (κ1) is 23.8. The number of hydrogen-bond acceptors (Lipinski definition) is 9. The topological polar surface area (TPSA) is 132 Å². The van der Waals surface area contributed by atoms with Crippen LogP contribution in [0.1, 0.15) is 16.1 Å². The summed E-state index contributed by atoms with van der Waals surface area (Å²) in [5.41, 5.74) is 9.22. The molecule has 2 aliphatic heterocycles. The van der Waals surface area contributed by atoms with E-state index in [1.807, 2.05) is 33.8 Å². The van der Waals surface area contributed by atoms with E-state index in [0.717, 1.165) is 54.6 Å². The first-order valence-electron chi connectivity index (χ1n) is 11.6. The number of ether oxygens (including phenoxy) is 1. The van der Waals surface area contributed by atoms with Gasteiger partial charge in [0, 0.05) is 69.3 Å². The van der Waals surface area contributed by atoms with Crippen molar-refractivity contribution in [3.63, 3.8) is 0 Å². The number of imidazole rings is 1. The molecule has 5 rings (SSSR count). The van der Waals surface area contributed by atoms with Gasteiger partial charge >= 0.3 is 0 Å². The number of piperazine rings is 1. The Kier molecular flexibility index (Phi) is 7.07.